The molecule has 0 aliphatic rings. The zero-order valence-electron chi connectivity index (χ0n) is 15.8. The maximum Gasteiger partial charge on any atom is 0.317 e. The number of carbonyl (C=O) groups is 2. The number of carboxylic acids is 1. The van der Waals surface area contributed by atoms with Crippen LogP contribution in [-0.2, 0) is 4.79 Å². The van der Waals surface area contributed by atoms with Gasteiger partial charge in [-0.05, 0) is 37.0 Å². The average Bonchev–Trinajstić information content (AvgIpc) is 2.54. The Hall–Kier alpha value is -2.24. The highest BCUT2D eigenvalue weighted by Crippen LogP contribution is 2.18. The first-order valence-corrected chi connectivity index (χ1v) is 8.67. The molecule has 0 aromatic heterocycles. The van der Waals surface area contributed by atoms with Crippen LogP contribution < -0.4 is 10.1 Å². The third kappa shape index (κ3) is 7.45. The molecule has 0 heterocycles. The van der Waals surface area contributed by atoms with Gasteiger partial charge in [-0.15, -0.1) is 0 Å². The minimum atomic E-state index is -0.916. The van der Waals surface area contributed by atoms with Gasteiger partial charge in [0.2, 0.25) is 0 Å². The van der Waals surface area contributed by atoms with Crippen molar-refractivity contribution in [2.24, 2.45) is 11.8 Å². The van der Waals surface area contributed by atoms with Gasteiger partial charge < -0.3 is 20.1 Å². The Labute approximate surface area is 150 Å². The number of ether oxygens (including phenoxy) is 1. The third-order valence-corrected chi connectivity index (χ3v) is 4.00. The Balaban J connectivity index is 2.52. The molecule has 2 atom stereocenters. The van der Waals surface area contributed by atoms with Crippen molar-refractivity contribution in [1.29, 1.82) is 0 Å². The van der Waals surface area contributed by atoms with Crippen molar-refractivity contribution < 1.29 is 19.4 Å². The molecule has 0 spiro atoms. The molecule has 2 unspecified atom stereocenters. The second kappa shape index (κ2) is 9.91. The normalized spacial score (nSPS) is 13.2. The summed E-state index contributed by atoms with van der Waals surface area (Å²) in [7, 11) is 1.59. The summed E-state index contributed by atoms with van der Waals surface area (Å²) in [6.07, 6.45) is 1.01. The molecule has 0 aliphatic carbocycles. The highest BCUT2D eigenvalue weighted by Gasteiger charge is 2.19. The zero-order chi connectivity index (χ0) is 19.0. The maximum absolute atomic E-state index is 12.2. The Morgan fingerprint density at radius 1 is 1.16 bits per heavy atom. The molecule has 1 rings (SSSR count). The summed E-state index contributed by atoms with van der Waals surface area (Å²) >= 11 is 0. The monoisotopic (exact) mass is 350 g/mol. The summed E-state index contributed by atoms with van der Waals surface area (Å²) in [5.74, 6) is -0.0975. The lowest BCUT2D eigenvalue weighted by molar-refractivity contribution is -0.141. The molecule has 0 saturated carbocycles. The van der Waals surface area contributed by atoms with Crippen LogP contribution in [0.1, 0.15) is 45.7 Å². The van der Waals surface area contributed by atoms with Crippen LogP contribution in [0.4, 0.5) is 4.79 Å². The van der Waals surface area contributed by atoms with Crippen LogP contribution in [0.2, 0.25) is 0 Å². The van der Waals surface area contributed by atoms with E-state index < -0.39 is 11.9 Å². The van der Waals surface area contributed by atoms with E-state index in [-0.39, 0.29) is 18.6 Å². The number of urea groups is 1. The van der Waals surface area contributed by atoms with E-state index >= 15 is 0 Å². The number of carboxylic acid groups (broad SMARTS) is 1. The molecule has 1 aromatic rings. The van der Waals surface area contributed by atoms with Gasteiger partial charge in [0.1, 0.15) is 5.75 Å². The summed E-state index contributed by atoms with van der Waals surface area (Å²) in [5, 5.41) is 11.8. The molecule has 0 saturated heterocycles. The van der Waals surface area contributed by atoms with Crippen LogP contribution in [0, 0.1) is 11.8 Å². The lowest BCUT2D eigenvalue weighted by Crippen LogP contribution is -2.41. The number of rotatable bonds is 9. The number of nitrogens with one attached hydrogen (secondary N) is 1. The number of nitrogens with zero attached hydrogens (tertiary/aromatic N) is 1. The number of aliphatic carboxylic acids is 1. The predicted octanol–water partition coefficient (Wildman–Crippen LogP) is 3.53. The lowest BCUT2D eigenvalue weighted by atomic mass is 10.1. The minimum absolute atomic E-state index is 0.163. The van der Waals surface area contributed by atoms with Gasteiger partial charge in [0.25, 0.3) is 0 Å². The molecule has 6 heteroatoms. The summed E-state index contributed by atoms with van der Waals surface area (Å²) in [6.45, 7) is 8.64. The lowest BCUT2D eigenvalue weighted by Gasteiger charge is -2.23. The smallest absolute Gasteiger partial charge is 0.317 e. The van der Waals surface area contributed by atoms with E-state index in [0.29, 0.717) is 12.5 Å². The van der Waals surface area contributed by atoms with E-state index in [1.807, 2.05) is 31.2 Å². The summed E-state index contributed by atoms with van der Waals surface area (Å²) in [6, 6.07) is 7.17. The van der Waals surface area contributed by atoms with Crippen molar-refractivity contribution in [2.75, 3.05) is 20.2 Å². The molecule has 140 valence electrons. The number of hydrogen-bond acceptors (Lipinski definition) is 3. The van der Waals surface area contributed by atoms with E-state index in [4.69, 9.17) is 9.84 Å². The molecule has 2 N–H and O–H groups in total. The number of hydrogen-bond donors (Lipinski definition) is 2. The zero-order valence-corrected chi connectivity index (χ0v) is 15.8. The van der Waals surface area contributed by atoms with Crippen LogP contribution >= 0.6 is 0 Å². The quantitative estimate of drug-likeness (QED) is 0.714. The maximum atomic E-state index is 12.2. The van der Waals surface area contributed by atoms with Crippen molar-refractivity contribution in [3.8, 4) is 5.75 Å². The van der Waals surface area contributed by atoms with Gasteiger partial charge in [-0.25, -0.2) is 4.79 Å². The predicted molar refractivity (Wildman–Crippen MR) is 97.8 cm³/mol. The van der Waals surface area contributed by atoms with Crippen LogP contribution in [0.5, 0.6) is 5.75 Å². The molecule has 1 aromatic carbocycles. The molecule has 0 aliphatic heterocycles. The van der Waals surface area contributed by atoms with E-state index in [1.54, 1.807) is 14.0 Å². The minimum Gasteiger partial charge on any atom is -0.494 e. The van der Waals surface area contributed by atoms with Crippen LogP contribution in [-0.4, -0.2) is 42.2 Å². The van der Waals surface area contributed by atoms with Crippen molar-refractivity contribution in [3.63, 3.8) is 0 Å². The topological polar surface area (TPSA) is 78.9 Å². The fourth-order valence-electron chi connectivity index (χ4n) is 2.22. The van der Waals surface area contributed by atoms with E-state index in [0.717, 1.165) is 17.7 Å². The molecular formula is C19H30N2O4. The summed E-state index contributed by atoms with van der Waals surface area (Å²) in [5.41, 5.74) is 0.962. The van der Waals surface area contributed by atoms with E-state index in [2.05, 4.69) is 19.2 Å². The van der Waals surface area contributed by atoms with Crippen LogP contribution in [0.3, 0.4) is 0 Å². The Kier molecular flexibility index (Phi) is 8.25. The number of amides is 2. The highest BCUT2D eigenvalue weighted by atomic mass is 16.5. The van der Waals surface area contributed by atoms with Gasteiger partial charge in [-0.3, -0.25) is 4.79 Å². The molecule has 2 amide bonds. The molecule has 0 fully saturated rings. The third-order valence-electron chi connectivity index (χ3n) is 4.00. The average molecular weight is 350 g/mol. The van der Waals surface area contributed by atoms with Crippen LogP contribution in [0.15, 0.2) is 24.3 Å². The van der Waals surface area contributed by atoms with Gasteiger partial charge in [0.15, 0.2) is 0 Å². The first kappa shape index (κ1) is 20.8. The summed E-state index contributed by atoms with van der Waals surface area (Å²) in [4.78, 5) is 24.4. The highest BCUT2D eigenvalue weighted by molar-refractivity contribution is 5.76. The van der Waals surface area contributed by atoms with Crippen molar-refractivity contribution in [2.45, 2.75) is 40.2 Å². The molecule has 6 nitrogen and oxygen atoms in total. The Morgan fingerprint density at radius 2 is 1.76 bits per heavy atom. The molecule has 0 radical (unpaired) electrons. The van der Waals surface area contributed by atoms with E-state index in [1.165, 1.54) is 4.90 Å². The van der Waals surface area contributed by atoms with Gasteiger partial charge in [0.05, 0.1) is 18.6 Å². The molecule has 25 heavy (non-hydrogen) atoms. The van der Waals surface area contributed by atoms with Gasteiger partial charge in [0, 0.05) is 13.6 Å². The Bertz CT molecular complexity index is 557. The van der Waals surface area contributed by atoms with Crippen molar-refractivity contribution in [3.05, 3.63) is 29.8 Å². The summed E-state index contributed by atoms with van der Waals surface area (Å²) < 4.78 is 5.69. The van der Waals surface area contributed by atoms with Gasteiger partial charge >= 0.3 is 12.0 Å². The fourth-order valence-corrected chi connectivity index (χ4v) is 2.22. The van der Waals surface area contributed by atoms with Gasteiger partial charge in [-0.2, -0.15) is 0 Å². The number of carbonyl (C=O) groups excluding carboxylic acids is 1. The fraction of sp³-hybridized carbons (Fsp3) is 0.579. The first-order valence-electron chi connectivity index (χ1n) is 8.67. The molecule has 0 bridgehead atoms. The van der Waals surface area contributed by atoms with Crippen LogP contribution in [0.25, 0.3) is 0 Å². The second-order valence-electron chi connectivity index (χ2n) is 6.89. The number of benzene rings is 1. The van der Waals surface area contributed by atoms with E-state index in [9.17, 15) is 9.59 Å². The molecular weight excluding hydrogens is 320 g/mol. The van der Waals surface area contributed by atoms with Crippen molar-refractivity contribution in [1.82, 2.24) is 10.2 Å². The SMILES string of the molecule is CC(C)CCOc1ccc(C(C)NC(=O)N(C)CC(C)C(=O)O)cc1. The van der Waals surface area contributed by atoms with Gasteiger partial charge in [-0.1, -0.05) is 32.9 Å². The first-order chi connectivity index (χ1) is 11.7. The largest absolute Gasteiger partial charge is 0.494 e. The van der Waals surface area contributed by atoms with Crippen molar-refractivity contribution >= 4 is 12.0 Å². The standard InChI is InChI=1S/C19H30N2O4/c1-13(2)10-11-25-17-8-6-16(7-9-17)15(4)20-19(24)21(5)12-14(3)18(22)23/h6-9,13-15H,10-12H2,1-5H3,(H,20,24)(H,22,23). The Morgan fingerprint density at radius 3 is 2.28 bits per heavy atom. The second-order valence-corrected chi connectivity index (χ2v) is 6.89.